The summed E-state index contributed by atoms with van der Waals surface area (Å²) < 4.78 is 57.8. The van der Waals surface area contributed by atoms with Crippen molar-refractivity contribution < 1.29 is 26.8 Å². The molecule has 41 heavy (non-hydrogen) atoms. The second-order valence-corrected chi connectivity index (χ2v) is 11.8. The second-order valence-electron chi connectivity index (χ2n) is 9.71. The van der Waals surface area contributed by atoms with E-state index in [1.165, 1.54) is 55.4 Å². The van der Waals surface area contributed by atoms with E-state index in [4.69, 9.17) is 0 Å². The minimum absolute atomic E-state index is 0.0963. The van der Waals surface area contributed by atoms with E-state index in [0.29, 0.717) is 17.3 Å². The van der Waals surface area contributed by atoms with Crippen molar-refractivity contribution in [3.63, 3.8) is 0 Å². The zero-order valence-corrected chi connectivity index (χ0v) is 24.3. The van der Waals surface area contributed by atoms with Crippen molar-refractivity contribution in [3.05, 3.63) is 102 Å². The molecule has 0 aliphatic carbocycles. The van der Waals surface area contributed by atoms with E-state index in [0.717, 1.165) is 22.4 Å². The van der Waals surface area contributed by atoms with Gasteiger partial charge in [0.1, 0.15) is 24.2 Å². The van der Waals surface area contributed by atoms with E-state index in [1.54, 1.807) is 30.3 Å². The molecule has 0 saturated carbocycles. The lowest BCUT2D eigenvalue weighted by atomic mass is 10.0. The van der Waals surface area contributed by atoms with Gasteiger partial charge in [0, 0.05) is 39.2 Å². The van der Waals surface area contributed by atoms with E-state index in [9.17, 15) is 26.8 Å². The maximum Gasteiger partial charge on any atom is 0.304 e. The standard InChI is InChI=1S/C30H36F2N4O4S/c1-4-5-19-33-30(38)28(20-23-13-7-6-8-14-23)35(21-24-15-9-10-16-25(24)31)29(37)22-36(41(39,40)34(2)3)27-18-12-11-17-26(27)32/h6-18,28H,4-5,19-22H2,1-3H3,(H,33,38)/t28-/m1/s1. The molecule has 3 rings (SSSR count). The number of amides is 2. The molecule has 220 valence electrons. The lowest BCUT2D eigenvalue weighted by Crippen LogP contribution is -2.54. The first-order valence-corrected chi connectivity index (χ1v) is 14.7. The summed E-state index contributed by atoms with van der Waals surface area (Å²) in [5.74, 6) is -2.68. The number of nitrogens with zero attached hydrogens (tertiary/aromatic N) is 3. The fraction of sp³-hybridized carbons (Fsp3) is 0.333. The third-order valence-corrected chi connectivity index (χ3v) is 8.34. The van der Waals surface area contributed by atoms with Gasteiger partial charge in [-0.05, 0) is 30.2 Å². The van der Waals surface area contributed by atoms with Crippen LogP contribution in [0.1, 0.15) is 30.9 Å². The van der Waals surface area contributed by atoms with Gasteiger partial charge in [0.2, 0.25) is 11.8 Å². The van der Waals surface area contributed by atoms with Gasteiger partial charge in [-0.15, -0.1) is 0 Å². The number of rotatable bonds is 14. The summed E-state index contributed by atoms with van der Waals surface area (Å²) in [6.45, 7) is 1.23. The molecular weight excluding hydrogens is 550 g/mol. The van der Waals surface area contributed by atoms with Crippen LogP contribution in [0.5, 0.6) is 0 Å². The minimum atomic E-state index is -4.34. The van der Waals surface area contributed by atoms with Gasteiger partial charge in [-0.1, -0.05) is 74.0 Å². The first-order valence-electron chi connectivity index (χ1n) is 13.4. The molecule has 0 unspecified atom stereocenters. The third-order valence-electron chi connectivity index (χ3n) is 6.54. The Morgan fingerprint density at radius 2 is 1.49 bits per heavy atom. The van der Waals surface area contributed by atoms with Crippen LogP contribution in [0, 0.1) is 11.6 Å². The van der Waals surface area contributed by atoms with Gasteiger partial charge < -0.3 is 10.2 Å². The Morgan fingerprint density at radius 1 is 0.878 bits per heavy atom. The van der Waals surface area contributed by atoms with Crippen molar-refractivity contribution in [2.45, 2.75) is 38.8 Å². The minimum Gasteiger partial charge on any atom is -0.354 e. The molecule has 0 heterocycles. The average Bonchev–Trinajstić information content (AvgIpc) is 2.95. The Balaban J connectivity index is 2.09. The van der Waals surface area contributed by atoms with Crippen LogP contribution >= 0.6 is 0 Å². The molecule has 1 atom stereocenters. The van der Waals surface area contributed by atoms with Gasteiger partial charge >= 0.3 is 10.2 Å². The molecule has 0 aliphatic heterocycles. The van der Waals surface area contributed by atoms with E-state index in [2.05, 4.69) is 5.32 Å². The zero-order valence-electron chi connectivity index (χ0n) is 23.5. The molecule has 8 nitrogen and oxygen atoms in total. The molecule has 0 bridgehead atoms. The number of carbonyl (C=O) groups excluding carboxylic acids is 2. The molecule has 0 fully saturated rings. The molecule has 1 N–H and O–H groups in total. The van der Waals surface area contributed by atoms with Crippen LogP contribution < -0.4 is 9.62 Å². The quantitative estimate of drug-likeness (QED) is 0.288. The van der Waals surface area contributed by atoms with E-state index in [1.807, 2.05) is 13.0 Å². The molecule has 0 radical (unpaired) electrons. The van der Waals surface area contributed by atoms with Crippen LogP contribution in [0.4, 0.5) is 14.5 Å². The summed E-state index contributed by atoms with van der Waals surface area (Å²) in [7, 11) is -1.81. The predicted molar refractivity (Wildman–Crippen MR) is 155 cm³/mol. The number of nitrogens with one attached hydrogen (secondary N) is 1. The topological polar surface area (TPSA) is 90.0 Å². The Morgan fingerprint density at radius 3 is 2.10 bits per heavy atom. The van der Waals surface area contributed by atoms with Gasteiger partial charge in [-0.2, -0.15) is 12.7 Å². The molecule has 0 saturated heterocycles. The van der Waals surface area contributed by atoms with Crippen LogP contribution in [0.2, 0.25) is 0 Å². The number of carbonyl (C=O) groups is 2. The number of hydrogen-bond donors (Lipinski definition) is 1. The number of unbranched alkanes of at least 4 members (excludes halogenated alkanes) is 1. The van der Waals surface area contributed by atoms with Gasteiger partial charge in [0.15, 0.2) is 0 Å². The first-order chi connectivity index (χ1) is 19.6. The average molecular weight is 587 g/mol. The third kappa shape index (κ3) is 8.34. The molecule has 0 spiro atoms. The van der Waals surface area contributed by atoms with Crippen LogP contribution in [-0.2, 0) is 32.8 Å². The normalized spacial score (nSPS) is 12.1. The van der Waals surface area contributed by atoms with Crippen molar-refractivity contribution in [1.82, 2.24) is 14.5 Å². The van der Waals surface area contributed by atoms with Crippen LogP contribution in [-0.4, -0.2) is 62.7 Å². The molecule has 11 heteroatoms. The van der Waals surface area contributed by atoms with Gasteiger partial charge in [-0.25, -0.2) is 13.1 Å². The maximum absolute atomic E-state index is 14.9. The number of anilines is 1. The van der Waals surface area contributed by atoms with E-state index >= 15 is 0 Å². The first kappa shape index (κ1) is 31.7. The highest BCUT2D eigenvalue weighted by atomic mass is 32.2. The zero-order chi connectivity index (χ0) is 30.0. The van der Waals surface area contributed by atoms with Gasteiger partial charge in [0.25, 0.3) is 0 Å². The second kappa shape index (κ2) is 14.7. The largest absolute Gasteiger partial charge is 0.354 e. The summed E-state index contributed by atoms with van der Waals surface area (Å²) in [6.07, 6.45) is 1.65. The predicted octanol–water partition coefficient (Wildman–Crippen LogP) is 4.13. The maximum atomic E-state index is 14.9. The fourth-order valence-corrected chi connectivity index (χ4v) is 5.29. The molecule has 3 aromatic carbocycles. The Bertz CT molecular complexity index is 1420. The Kier molecular flexibility index (Phi) is 11.4. The van der Waals surface area contributed by atoms with Crippen molar-refractivity contribution in [2.24, 2.45) is 0 Å². The SMILES string of the molecule is CCCCNC(=O)[C@@H](Cc1ccccc1)N(Cc1ccccc1F)C(=O)CN(c1ccccc1F)S(=O)(=O)N(C)C. The van der Waals surface area contributed by atoms with Crippen molar-refractivity contribution in [1.29, 1.82) is 0 Å². The summed E-state index contributed by atoms with van der Waals surface area (Å²) in [5, 5.41) is 2.86. The van der Waals surface area contributed by atoms with Gasteiger partial charge in [-0.3, -0.25) is 9.59 Å². The molecule has 2 amide bonds. The highest BCUT2D eigenvalue weighted by molar-refractivity contribution is 7.90. The monoisotopic (exact) mass is 586 g/mol. The summed E-state index contributed by atoms with van der Waals surface area (Å²) in [4.78, 5) is 28.8. The lowest BCUT2D eigenvalue weighted by Gasteiger charge is -2.34. The van der Waals surface area contributed by atoms with Crippen molar-refractivity contribution >= 4 is 27.7 Å². The van der Waals surface area contributed by atoms with E-state index < -0.39 is 46.2 Å². The van der Waals surface area contributed by atoms with Crippen molar-refractivity contribution in [3.8, 4) is 0 Å². The van der Waals surface area contributed by atoms with Gasteiger partial charge in [0.05, 0.1) is 5.69 Å². The van der Waals surface area contributed by atoms with Crippen LogP contribution in [0.3, 0.4) is 0 Å². The Hall–Kier alpha value is -3.83. The van der Waals surface area contributed by atoms with Crippen LogP contribution in [0.15, 0.2) is 78.9 Å². The molecule has 3 aromatic rings. The molecule has 0 aliphatic rings. The smallest absolute Gasteiger partial charge is 0.304 e. The summed E-state index contributed by atoms with van der Waals surface area (Å²) >= 11 is 0. The summed E-state index contributed by atoms with van der Waals surface area (Å²) in [6, 6.07) is 19.0. The molecular formula is C30H36F2N4O4S. The number of hydrogen-bond acceptors (Lipinski definition) is 4. The van der Waals surface area contributed by atoms with Crippen molar-refractivity contribution in [2.75, 3.05) is 31.5 Å². The fourth-order valence-electron chi connectivity index (χ4n) is 4.23. The highest BCUT2D eigenvalue weighted by Gasteiger charge is 2.35. The number of benzene rings is 3. The number of para-hydroxylation sites is 1. The highest BCUT2D eigenvalue weighted by Crippen LogP contribution is 2.24. The molecule has 0 aromatic heterocycles. The van der Waals surface area contributed by atoms with Crippen LogP contribution in [0.25, 0.3) is 0 Å². The summed E-state index contributed by atoms with van der Waals surface area (Å²) in [5.41, 5.74) is 0.571. The number of halogens is 2. The Labute approximate surface area is 240 Å². The lowest BCUT2D eigenvalue weighted by molar-refractivity contribution is -0.140. The van der Waals surface area contributed by atoms with E-state index in [-0.39, 0.29) is 24.2 Å².